The van der Waals surface area contributed by atoms with E-state index in [9.17, 15) is 4.79 Å². The van der Waals surface area contributed by atoms with Crippen molar-refractivity contribution in [3.05, 3.63) is 82.8 Å². The molecule has 1 heterocycles. The third kappa shape index (κ3) is 2.58. The fourth-order valence-corrected chi connectivity index (χ4v) is 4.28. The number of rotatable bonds is 1. The Labute approximate surface area is 147 Å². The summed E-state index contributed by atoms with van der Waals surface area (Å²) in [4.78, 5) is 17.0. The highest BCUT2D eigenvalue weighted by Crippen LogP contribution is 2.44. The van der Waals surface area contributed by atoms with Gasteiger partial charge in [-0.1, -0.05) is 58.0 Å². The van der Waals surface area contributed by atoms with Gasteiger partial charge >= 0.3 is 0 Å². The number of para-hydroxylation sites is 1. The molecule has 3 aromatic rings. The summed E-state index contributed by atoms with van der Waals surface area (Å²) in [5.74, 6) is 0.000345. The maximum atomic E-state index is 13.2. The molecule has 0 fully saturated rings. The molecule has 1 aliphatic heterocycles. The Morgan fingerprint density at radius 1 is 0.826 bits per heavy atom. The van der Waals surface area contributed by atoms with E-state index in [1.54, 1.807) is 16.7 Å². The van der Waals surface area contributed by atoms with Crippen LogP contribution in [0.3, 0.4) is 0 Å². The number of benzene rings is 3. The Morgan fingerprint density at radius 3 is 2.39 bits per heavy atom. The molecule has 0 aliphatic carbocycles. The molecule has 0 saturated heterocycles. The first kappa shape index (κ1) is 14.5. The van der Waals surface area contributed by atoms with Gasteiger partial charge in [0.25, 0.3) is 5.91 Å². The molecule has 2 nitrogen and oxygen atoms in total. The molecule has 0 atom stereocenters. The van der Waals surface area contributed by atoms with Gasteiger partial charge in [0, 0.05) is 20.0 Å². The molecule has 112 valence electrons. The summed E-state index contributed by atoms with van der Waals surface area (Å²) in [6.07, 6.45) is 0. The number of anilines is 2. The van der Waals surface area contributed by atoms with Gasteiger partial charge in [0.2, 0.25) is 0 Å². The van der Waals surface area contributed by atoms with Crippen LogP contribution < -0.4 is 4.90 Å². The SMILES string of the molecule is O=C1c2ccccc2Sc2cc(Br)ccc2N1c1ccccc1. The summed E-state index contributed by atoms with van der Waals surface area (Å²) in [6, 6.07) is 23.6. The van der Waals surface area contributed by atoms with E-state index in [-0.39, 0.29) is 5.91 Å². The summed E-state index contributed by atoms with van der Waals surface area (Å²) in [6.45, 7) is 0. The highest BCUT2D eigenvalue weighted by Gasteiger charge is 2.28. The molecule has 4 heteroatoms. The van der Waals surface area contributed by atoms with Crippen LogP contribution in [-0.4, -0.2) is 5.91 Å². The fourth-order valence-electron chi connectivity index (χ4n) is 2.67. The number of hydrogen-bond acceptors (Lipinski definition) is 2. The summed E-state index contributed by atoms with van der Waals surface area (Å²) < 4.78 is 1.00. The molecule has 0 saturated carbocycles. The lowest BCUT2D eigenvalue weighted by atomic mass is 10.1. The summed E-state index contributed by atoms with van der Waals surface area (Å²) in [5.41, 5.74) is 2.51. The van der Waals surface area contributed by atoms with Gasteiger partial charge in [-0.05, 0) is 42.5 Å². The smallest absolute Gasteiger partial charge is 0.264 e. The van der Waals surface area contributed by atoms with Gasteiger partial charge in [-0.3, -0.25) is 9.69 Å². The van der Waals surface area contributed by atoms with Gasteiger partial charge in [-0.25, -0.2) is 0 Å². The van der Waals surface area contributed by atoms with E-state index in [4.69, 9.17) is 0 Å². The van der Waals surface area contributed by atoms with Crippen LogP contribution in [0.4, 0.5) is 11.4 Å². The minimum absolute atomic E-state index is 0.000345. The number of hydrogen-bond donors (Lipinski definition) is 0. The summed E-state index contributed by atoms with van der Waals surface area (Å²) in [5, 5.41) is 0. The molecule has 1 amide bonds. The molecule has 0 unspecified atom stereocenters. The maximum Gasteiger partial charge on any atom is 0.264 e. The Kier molecular flexibility index (Phi) is 3.71. The van der Waals surface area contributed by atoms with Crippen LogP contribution in [0.5, 0.6) is 0 Å². The van der Waals surface area contributed by atoms with Crippen molar-refractivity contribution in [3.8, 4) is 0 Å². The first-order chi connectivity index (χ1) is 11.2. The lowest BCUT2D eigenvalue weighted by molar-refractivity contribution is 0.0996. The zero-order chi connectivity index (χ0) is 15.8. The lowest BCUT2D eigenvalue weighted by Crippen LogP contribution is -2.25. The van der Waals surface area contributed by atoms with Crippen molar-refractivity contribution in [1.29, 1.82) is 0 Å². The Bertz CT molecular complexity index is 895. The number of carbonyl (C=O) groups is 1. The minimum Gasteiger partial charge on any atom is -0.276 e. The van der Waals surface area contributed by atoms with E-state index < -0.39 is 0 Å². The van der Waals surface area contributed by atoms with E-state index in [0.717, 1.165) is 31.2 Å². The average molecular weight is 382 g/mol. The van der Waals surface area contributed by atoms with Crippen LogP contribution in [0.25, 0.3) is 0 Å². The number of carbonyl (C=O) groups excluding carboxylic acids is 1. The second kappa shape index (κ2) is 5.87. The Morgan fingerprint density at radius 2 is 1.57 bits per heavy atom. The first-order valence-electron chi connectivity index (χ1n) is 7.20. The first-order valence-corrected chi connectivity index (χ1v) is 8.81. The van der Waals surface area contributed by atoms with Crippen LogP contribution in [0.1, 0.15) is 10.4 Å². The van der Waals surface area contributed by atoms with Gasteiger partial charge in [-0.15, -0.1) is 0 Å². The topological polar surface area (TPSA) is 20.3 Å². The molecule has 1 aliphatic rings. The zero-order valence-electron chi connectivity index (χ0n) is 12.1. The van der Waals surface area contributed by atoms with Gasteiger partial charge in [-0.2, -0.15) is 0 Å². The monoisotopic (exact) mass is 381 g/mol. The minimum atomic E-state index is 0.000345. The summed E-state index contributed by atoms with van der Waals surface area (Å²) in [7, 11) is 0. The highest BCUT2D eigenvalue weighted by atomic mass is 79.9. The highest BCUT2D eigenvalue weighted by molar-refractivity contribution is 9.10. The standard InChI is InChI=1S/C19H12BrNOS/c20-13-10-11-16-18(12-13)23-17-9-5-4-8-15(17)19(22)21(16)14-6-2-1-3-7-14/h1-12H. The Hall–Kier alpha value is -2.04. The normalized spacial score (nSPS) is 13.3. The van der Waals surface area contributed by atoms with E-state index in [1.807, 2.05) is 66.7 Å². The van der Waals surface area contributed by atoms with Crippen LogP contribution in [-0.2, 0) is 0 Å². The largest absolute Gasteiger partial charge is 0.276 e. The molecular formula is C19H12BrNOS. The van der Waals surface area contributed by atoms with Crippen LogP contribution >= 0.6 is 27.7 Å². The zero-order valence-corrected chi connectivity index (χ0v) is 14.5. The predicted octanol–water partition coefficient (Wildman–Crippen LogP) is 5.89. The van der Waals surface area contributed by atoms with Crippen LogP contribution in [0.15, 0.2) is 87.1 Å². The van der Waals surface area contributed by atoms with E-state index in [0.29, 0.717) is 0 Å². The van der Waals surface area contributed by atoms with Crippen molar-refractivity contribution in [1.82, 2.24) is 0 Å². The third-order valence-electron chi connectivity index (χ3n) is 3.72. The second-order valence-electron chi connectivity index (χ2n) is 5.19. The Balaban J connectivity index is 1.99. The third-order valence-corrected chi connectivity index (χ3v) is 5.33. The summed E-state index contributed by atoms with van der Waals surface area (Å²) >= 11 is 5.16. The van der Waals surface area contributed by atoms with Gasteiger partial charge in [0.05, 0.1) is 11.3 Å². The van der Waals surface area contributed by atoms with E-state index in [1.165, 1.54) is 0 Å². The number of fused-ring (bicyclic) bond motifs is 2. The van der Waals surface area contributed by atoms with Crippen molar-refractivity contribution in [2.24, 2.45) is 0 Å². The molecule has 4 rings (SSSR count). The quantitative estimate of drug-likeness (QED) is 0.523. The van der Waals surface area contributed by atoms with Gasteiger partial charge in [0.15, 0.2) is 0 Å². The number of amides is 1. The van der Waals surface area contributed by atoms with Crippen molar-refractivity contribution >= 4 is 45.0 Å². The average Bonchev–Trinajstić information content (AvgIpc) is 2.69. The van der Waals surface area contributed by atoms with Crippen molar-refractivity contribution < 1.29 is 4.79 Å². The molecule has 0 radical (unpaired) electrons. The van der Waals surface area contributed by atoms with Crippen molar-refractivity contribution in [2.45, 2.75) is 9.79 Å². The maximum absolute atomic E-state index is 13.2. The molecule has 3 aromatic carbocycles. The predicted molar refractivity (Wildman–Crippen MR) is 97.6 cm³/mol. The molecule has 0 N–H and O–H groups in total. The van der Waals surface area contributed by atoms with Gasteiger partial charge < -0.3 is 0 Å². The number of halogens is 1. The number of nitrogens with zero attached hydrogens (tertiary/aromatic N) is 1. The molecule has 0 spiro atoms. The van der Waals surface area contributed by atoms with Crippen LogP contribution in [0.2, 0.25) is 0 Å². The second-order valence-corrected chi connectivity index (χ2v) is 7.19. The van der Waals surface area contributed by atoms with E-state index in [2.05, 4.69) is 22.0 Å². The van der Waals surface area contributed by atoms with Gasteiger partial charge in [0.1, 0.15) is 0 Å². The van der Waals surface area contributed by atoms with E-state index >= 15 is 0 Å². The van der Waals surface area contributed by atoms with Crippen molar-refractivity contribution in [3.63, 3.8) is 0 Å². The lowest BCUT2D eigenvalue weighted by Gasteiger charge is -2.23. The molecule has 23 heavy (non-hydrogen) atoms. The molecule has 0 bridgehead atoms. The molecule has 0 aromatic heterocycles. The van der Waals surface area contributed by atoms with Crippen LogP contribution in [0, 0.1) is 0 Å². The van der Waals surface area contributed by atoms with Crippen molar-refractivity contribution in [2.75, 3.05) is 4.90 Å². The molecular weight excluding hydrogens is 370 g/mol. The fraction of sp³-hybridized carbons (Fsp3) is 0.